The van der Waals surface area contributed by atoms with Gasteiger partial charge in [0.05, 0.1) is 0 Å². The molecule has 0 radical (unpaired) electrons. The third-order valence-electron chi connectivity index (χ3n) is 4.35. The van der Waals surface area contributed by atoms with Crippen LogP contribution in [-0.4, -0.2) is 34.8 Å². The standard InChI is InChI=1S/C22H24N2O4/c1-4-5-6-20(25)23-19-13-11-17(12-14-19)16-7-9-18(10-8-16)21(26)24(3)15(2)22(27)28/h7-14H,2,4-6H2,1,3H3,(H,23,25)(H,27,28). The van der Waals surface area contributed by atoms with Crippen LogP contribution in [0.3, 0.4) is 0 Å². The number of carbonyl (C=O) groups is 3. The van der Waals surface area contributed by atoms with Gasteiger partial charge in [-0.1, -0.05) is 44.2 Å². The number of nitrogens with one attached hydrogen (secondary N) is 1. The number of hydrogen-bond acceptors (Lipinski definition) is 3. The van der Waals surface area contributed by atoms with E-state index in [4.69, 9.17) is 5.11 Å². The number of aliphatic carboxylic acids is 1. The molecule has 28 heavy (non-hydrogen) atoms. The average Bonchev–Trinajstić information content (AvgIpc) is 2.71. The van der Waals surface area contributed by atoms with Crippen LogP contribution in [0, 0.1) is 0 Å². The molecule has 6 nitrogen and oxygen atoms in total. The first-order chi connectivity index (χ1) is 13.3. The number of rotatable bonds is 8. The third-order valence-corrected chi connectivity index (χ3v) is 4.35. The van der Waals surface area contributed by atoms with Crippen LogP contribution < -0.4 is 5.32 Å². The fourth-order valence-corrected chi connectivity index (χ4v) is 2.57. The van der Waals surface area contributed by atoms with Gasteiger partial charge in [-0.25, -0.2) is 4.79 Å². The molecule has 0 saturated heterocycles. The van der Waals surface area contributed by atoms with Crippen molar-refractivity contribution in [2.24, 2.45) is 0 Å². The fourth-order valence-electron chi connectivity index (χ4n) is 2.57. The van der Waals surface area contributed by atoms with Crippen molar-refractivity contribution in [1.29, 1.82) is 0 Å². The van der Waals surface area contributed by atoms with Crippen LogP contribution in [0.2, 0.25) is 0 Å². The second kappa shape index (κ2) is 9.50. The molecule has 0 aliphatic rings. The Morgan fingerprint density at radius 3 is 2.04 bits per heavy atom. The highest BCUT2D eigenvalue weighted by Crippen LogP contribution is 2.23. The summed E-state index contributed by atoms with van der Waals surface area (Å²) in [4.78, 5) is 36.1. The van der Waals surface area contributed by atoms with Crippen molar-refractivity contribution >= 4 is 23.5 Å². The zero-order valence-corrected chi connectivity index (χ0v) is 16.1. The maximum absolute atomic E-state index is 12.3. The Balaban J connectivity index is 2.07. The van der Waals surface area contributed by atoms with E-state index in [0.29, 0.717) is 12.0 Å². The zero-order chi connectivity index (χ0) is 20.7. The number of hydrogen-bond donors (Lipinski definition) is 2. The van der Waals surface area contributed by atoms with Gasteiger partial charge in [-0.15, -0.1) is 0 Å². The van der Waals surface area contributed by atoms with Crippen molar-refractivity contribution in [1.82, 2.24) is 4.90 Å². The third kappa shape index (κ3) is 5.30. The molecule has 0 aliphatic carbocycles. The number of likely N-dealkylation sites (N-methyl/N-ethyl adjacent to an activating group) is 1. The minimum Gasteiger partial charge on any atom is -0.477 e. The molecule has 2 amide bonds. The highest BCUT2D eigenvalue weighted by molar-refractivity contribution is 6.00. The number of carbonyl (C=O) groups excluding carboxylic acids is 2. The van der Waals surface area contributed by atoms with Crippen molar-refractivity contribution < 1.29 is 19.5 Å². The van der Waals surface area contributed by atoms with E-state index in [1.807, 2.05) is 31.2 Å². The van der Waals surface area contributed by atoms with Crippen molar-refractivity contribution in [3.05, 3.63) is 66.4 Å². The Hall–Kier alpha value is -3.41. The molecular weight excluding hydrogens is 356 g/mol. The number of amides is 2. The first-order valence-electron chi connectivity index (χ1n) is 9.04. The van der Waals surface area contributed by atoms with Crippen molar-refractivity contribution in [2.45, 2.75) is 26.2 Å². The smallest absolute Gasteiger partial charge is 0.351 e. The highest BCUT2D eigenvalue weighted by atomic mass is 16.4. The van der Waals surface area contributed by atoms with Gasteiger partial charge in [-0.3, -0.25) is 9.59 Å². The maximum atomic E-state index is 12.3. The lowest BCUT2D eigenvalue weighted by molar-refractivity contribution is -0.134. The minimum absolute atomic E-state index is 0.00420. The van der Waals surface area contributed by atoms with Crippen molar-refractivity contribution in [2.75, 3.05) is 12.4 Å². The van der Waals surface area contributed by atoms with Gasteiger partial charge in [-0.05, 0) is 41.8 Å². The lowest BCUT2D eigenvalue weighted by Gasteiger charge is -2.16. The SMILES string of the molecule is C=C(C(=O)O)N(C)C(=O)c1ccc(-c2ccc(NC(=O)CCCC)cc2)cc1. The summed E-state index contributed by atoms with van der Waals surface area (Å²) < 4.78 is 0. The van der Waals surface area contributed by atoms with Crippen molar-refractivity contribution in [3.8, 4) is 11.1 Å². The molecule has 2 aromatic carbocycles. The minimum atomic E-state index is -1.24. The Kier molecular flexibility index (Phi) is 7.09. The molecule has 0 atom stereocenters. The van der Waals surface area contributed by atoms with E-state index >= 15 is 0 Å². The largest absolute Gasteiger partial charge is 0.477 e. The fraction of sp³-hybridized carbons (Fsp3) is 0.227. The van der Waals surface area contributed by atoms with Gasteiger partial charge >= 0.3 is 5.97 Å². The molecule has 0 unspecified atom stereocenters. The number of nitrogens with zero attached hydrogens (tertiary/aromatic N) is 1. The van der Waals surface area contributed by atoms with E-state index in [0.717, 1.165) is 34.6 Å². The van der Waals surface area contributed by atoms with Crippen LogP contribution in [0.4, 0.5) is 5.69 Å². The normalized spacial score (nSPS) is 10.2. The van der Waals surface area contributed by atoms with Gasteiger partial charge in [0.2, 0.25) is 5.91 Å². The Morgan fingerprint density at radius 1 is 1.00 bits per heavy atom. The van der Waals surface area contributed by atoms with E-state index in [2.05, 4.69) is 11.9 Å². The summed E-state index contributed by atoms with van der Waals surface area (Å²) in [6.07, 6.45) is 2.35. The predicted octanol–water partition coefficient (Wildman–Crippen LogP) is 4.15. The van der Waals surface area contributed by atoms with Gasteiger partial charge < -0.3 is 15.3 Å². The van der Waals surface area contributed by atoms with Gasteiger partial charge in [0, 0.05) is 24.7 Å². The number of carboxylic acid groups (broad SMARTS) is 1. The van der Waals surface area contributed by atoms with Gasteiger partial charge in [-0.2, -0.15) is 0 Å². The van der Waals surface area contributed by atoms with Crippen LogP contribution in [-0.2, 0) is 9.59 Å². The predicted molar refractivity (Wildman–Crippen MR) is 109 cm³/mol. The molecular formula is C22H24N2O4. The summed E-state index contributed by atoms with van der Waals surface area (Å²) in [5.74, 6) is -1.68. The Bertz CT molecular complexity index is 870. The summed E-state index contributed by atoms with van der Waals surface area (Å²) in [7, 11) is 1.38. The second-order valence-corrected chi connectivity index (χ2v) is 6.42. The molecule has 146 valence electrons. The Labute approximate surface area is 164 Å². The van der Waals surface area contributed by atoms with Gasteiger partial charge in [0.1, 0.15) is 5.70 Å². The molecule has 2 rings (SSSR count). The Morgan fingerprint density at radius 2 is 1.54 bits per heavy atom. The van der Waals surface area contributed by atoms with E-state index < -0.39 is 11.9 Å². The molecule has 2 aromatic rings. The maximum Gasteiger partial charge on any atom is 0.351 e. The van der Waals surface area contributed by atoms with Gasteiger partial charge in [0.25, 0.3) is 5.91 Å². The summed E-state index contributed by atoms with van der Waals surface area (Å²) in [6, 6.07) is 14.3. The van der Waals surface area contributed by atoms with Crippen LogP contribution in [0.5, 0.6) is 0 Å². The number of benzene rings is 2. The molecule has 2 N–H and O–H groups in total. The lowest BCUT2D eigenvalue weighted by atomic mass is 10.0. The monoisotopic (exact) mass is 380 g/mol. The van der Waals surface area contributed by atoms with E-state index in [-0.39, 0.29) is 11.6 Å². The molecule has 0 fully saturated rings. The molecule has 0 bridgehead atoms. The molecule has 0 saturated carbocycles. The average molecular weight is 380 g/mol. The number of unbranched alkanes of at least 4 members (excludes halogenated alkanes) is 1. The van der Waals surface area contributed by atoms with Crippen LogP contribution >= 0.6 is 0 Å². The first kappa shape index (κ1) is 20.9. The number of anilines is 1. The highest BCUT2D eigenvalue weighted by Gasteiger charge is 2.18. The van der Waals surface area contributed by atoms with E-state index in [1.165, 1.54) is 7.05 Å². The van der Waals surface area contributed by atoms with Gasteiger partial charge in [0.15, 0.2) is 0 Å². The first-order valence-corrected chi connectivity index (χ1v) is 9.04. The zero-order valence-electron chi connectivity index (χ0n) is 16.1. The summed E-state index contributed by atoms with van der Waals surface area (Å²) in [6.45, 7) is 5.43. The topological polar surface area (TPSA) is 86.7 Å². The molecule has 0 aromatic heterocycles. The van der Waals surface area contributed by atoms with E-state index in [1.54, 1.807) is 24.3 Å². The van der Waals surface area contributed by atoms with Crippen LogP contribution in [0.25, 0.3) is 11.1 Å². The summed E-state index contributed by atoms with van der Waals surface area (Å²) in [5.41, 5.74) is 2.67. The van der Waals surface area contributed by atoms with Crippen LogP contribution in [0.1, 0.15) is 36.5 Å². The van der Waals surface area contributed by atoms with Crippen LogP contribution in [0.15, 0.2) is 60.8 Å². The summed E-state index contributed by atoms with van der Waals surface area (Å²) in [5, 5.41) is 11.8. The molecule has 0 spiro atoms. The quantitative estimate of drug-likeness (QED) is 0.674. The molecule has 0 aliphatic heterocycles. The lowest BCUT2D eigenvalue weighted by Crippen LogP contribution is -2.29. The molecule has 6 heteroatoms. The molecule has 0 heterocycles. The second-order valence-electron chi connectivity index (χ2n) is 6.42. The van der Waals surface area contributed by atoms with Crippen molar-refractivity contribution in [3.63, 3.8) is 0 Å². The van der Waals surface area contributed by atoms with E-state index in [9.17, 15) is 14.4 Å². The number of carboxylic acids is 1. The summed E-state index contributed by atoms with van der Waals surface area (Å²) >= 11 is 0.